The zero-order valence-electron chi connectivity index (χ0n) is 9.63. The maximum absolute atomic E-state index is 10.9. The Morgan fingerprint density at radius 1 is 1.44 bits per heavy atom. The summed E-state index contributed by atoms with van der Waals surface area (Å²) in [5.74, 6) is 0. The molecule has 1 fully saturated rings. The second-order valence-corrected chi connectivity index (χ2v) is 4.20. The standard InChI is InChI=1S/C9H12N2O2S.C2H6/c12-14(13)11-7-1-2-9(11)8-3-5-10-6-4-8;1-2/h3-6,9H,1-2,7H2,(H,12,13);1-2H3/p-1/t9-;/m0./s1. The number of hydrogen-bond acceptors (Lipinski definition) is 3. The van der Waals surface area contributed by atoms with Crippen LogP contribution in [0.3, 0.4) is 0 Å². The van der Waals surface area contributed by atoms with E-state index in [2.05, 4.69) is 4.98 Å². The Morgan fingerprint density at radius 3 is 2.62 bits per heavy atom. The van der Waals surface area contributed by atoms with E-state index in [0.29, 0.717) is 6.54 Å². The predicted molar refractivity (Wildman–Crippen MR) is 63.2 cm³/mol. The van der Waals surface area contributed by atoms with Gasteiger partial charge in [0.2, 0.25) is 0 Å². The van der Waals surface area contributed by atoms with Crippen LogP contribution >= 0.6 is 0 Å². The molecule has 1 aliphatic heterocycles. The van der Waals surface area contributed by atoms with Crippen LogP contribution in [0.5, 0.6) is 0 Å². The van der Waals surface area contributed by atoms with Crippen LogP contribution in [-0.2, 0) is 11.3 Å². The van der Waals surface area contributed by atoms with Gasteiger partial charge < -0.3 is 4.55 Å². The number of aromatic nitrogens is 1. The van der Waals surface area contributed by atoms with Crippen molar-refractivity contribution in [1.82, 2.24) is 9.29 Å². The van der Waals surface area contributed by atoms with Crippen molar-refractivity contribution >= 4 is 11.3 Å². The van der Waals surface area contributed by atoms with Gasteiger partial charge in [-0.15, -0.1) is 0 Å². The molecule has 5 heteroatoms. The molecule has 1 aromatic rings. The van der Waals surface area contributed by atoms with Gasteiger partial charge in [0.05, 0.1) is 0 Å². The van der Waals surface area contributed by atoms with E-state index >= 15 is 0 Å². The van der Waals surface area contributed by atoms with Crippen molar-refractivity contribution in [3.63, 3.8) is 0 Å². The Morgan fingerprint density at radius 2 is 2.06 bits per heavy atom. The lowest BCUT2D eigenvalue weighted by atomic mass is 10.1. The normalized spacial score (nSPS) is 22.3. The molecule has 2 atom stereocenters. The van der Waals surface area contributed by atoms with E-state index in [-0.39, 0.29) is 6.04 Å². The molecule has 0 saturated carbocycles. The van der Waals surface area contributed by atoms with E-state index in [1.807, 2.05) is 26.0 Å². The van der Waals surface area contributed by atoms with Crippen molar-refractivity contribution in [3.05, 3.63) is 30.1 Å². The molecule has 90 valence electrons. The first-order valence-corrected chi connectivity index (χ1v) is 6.58. The number of rotatable bonds is 2. The minimum absolute atomic E-state index is 0.0105. The van der Waals surface area contributed by atoms with E-state index in [1.165, 1.54) is 4.31 Å². The van der Waals surface area contributed by atoms with E-state index in [9.17, 15) is 8.76 Å². The first-order valence-electron chi connectivity index (χ1n) is 5.55. The van der Waals surface area contributed by atoms with E-state index in [0.717, 1.165) is 18.4 Å². The third kappa shape index (κ3) is 3.10. The summed E-state index contributed by atoms with van der Waals surface area (Å²) in [6, 6.07) is 3.75. The molecule has 0 N–H and O–H groups in total. The first kappa shape index (κ1) is 13.3. The Labute approximate surface area is 99.1 Å². The molecular formula is C11H17N2O2S-. The third-order valence-electron chi connectivity index (χ3n) is 2.49. The van der Waals surface area contributed by atoms with Crippen molar-refractivity contribution in [3.8, 4) is 0 Å². The molecule has 1 aliphatic rings. The van der Waals surface area contributed by atoms with Crippen LogP contribution in [0.2, 0.25) is 0 Å². The van der Waals surface area contributed by atoms with Crippen LogP contribution < -0.4 is 0 Å². The first-order chi connectivity index (χ1) is 7.79. The summed E-state index contributed by atoms with van der Waals surface area (Å²) in [7, 11) is 0. The smallest absolute Gasteiger partial charge is 0.0466 e. The van der Waals surface area contributed by atoms with Gasteiger partial charge in [0.25, 0.3) is 0 Å². The number of hydrogen-bond donors (Lipinski definition) is 0. The van der Waals surface area contributed by atoms with E-state index in [4.69, 9.17) is 0 Å². The highest BCUT2D eigenvalue weighted by molar-refractivity contribution is 7.76. The summed E-state index contributed by atoms with van der Waals surface area (Å²) >= 11 is -2.11. The van der Waals surface area contributed by atoms with Crippen LogP contribution in [0.25, 0.3) is 0 Å². The van der Waals surface area contributed by atoms with Gasteiger partial charge in [-0.1, -0.05) is 13.8 Å². The zero-order valence-corrected chi connectivity index (χ0v) is 10.4. The second-order valence-electron chi connectivity index (χ2n) is 3.30. The lowest BCUT2D eigenvalue weighted by molar-refractivity contribution is 0.375. The summed E-state index contributed by atoms with van der Waals surface area (Å²) in [6.07, 6.45) is 5.22. The lowest BCUT2D eigenvalue weighted by Gasteiger charge is -2.25. The van der Waals surface area contributed by atoms with E-state index < -0.39 is 11.3 Å². The minimum atomic E-state index is -2.11. The summed E-state index contributed by atoms with van der Waals surface area (Å²) in [5.41, 5.74) is 1.03. The molecule has 0 aliphatic carbocycles. The molecule has 2 rings (SSSR count). The summed E-state index contributed by atoms with van der Waals surface area (Å²) < 4.78 is 23.3. The highest BCUT2D eigenvalue weighted by atomic mass is 32.2. The van der Waals surface area contributed by atoms with Gasteiger partial charge in [0.15, 0.2) is 0 Å². The fourth-order valence-electron chi connectivity index (χ4n) is 1.84. The molecule has 16 heavy (non-hydrogen) atoms. The van der Waals surface area contributed by atoms with Gasteiger partial charge in [-0.25, -0.2) is 4.31 Å². The minimum Gasteiger partial charge on any atom is -0.760 e. The van der Waals surface area contributed by atoms with Gasteiger partial charge in [-0.2, -0.15) is 0 Å². The molecule has 1 saturated heterocycles. The lowest BCUT2D eigenvalue weighted by Crippen LogP contribution is -2.25. The monoisotopic (exact) mass is 241 g/mol. The van der Waals surface area contributed by atoms with Gasteiger partial charge in [-0.05, 0) is 30.5 Å². The van der Waals surface area contributed by atoms with Crippen molar-refractivity contribution < 1.29 is 8.76 Å². The molecule has 1 unspecified atom stereocenters. The largest absolute Gasteiger partial charge is 0.760 e. The highest BCUT2D eigenvalue weighted by Gasteiger charge is 2.26. The maximum atomic E-state index is 10.9. The molecule has 1 aromatic heterocycles. The Bertz CT molecular complexity index is 332. The van der Waals surface area contributed by atoms with Crippen LogP contribution in [0.4, 0.5) is 0 Å². The van der Waals surface area contributed by atoms with Gasteiger partial charge in [-0.3, -0.25) is 9.19 Å². The SMILES string of the molecule is CC.O=S([O-])N1CCC[C@H]1c1ccncc1. The van der Waals surface area contributed by atoms with Crippen LogP contribution in [-0.4, -0.2) is 24.6 Å². The van der Waals surface area contributed by atoms with Crippen molar-refractivity contribution in [1.29, 1.82) is 0 Å². The fraction of sp³-hybridized carbons (Fsp3) is 0.545. The average Bonchev–Trinajstić information content (AvgIpc) is 2.82. The second kappa shape index (κ2) is 6.73. The number of pyridine rings is 1. The predicted octanol–water partition coefficient (Wildman–Crippen LogP) is 2.04. The molecule has 0 bridgehead atoms. The Kier molecular flexibility index (Phi) is 5.59. The van der Waals surface area contributed by atoms with E-state index in [1.54, 1.807) is 12.4 Å². The molecule has 4 nitrogen and oxygen atoms in total. The van der Waals surface area contributed by atoms with Gasteiger partial charge in [0.1, 0.15) is 0 Å². The number of nitrogens with zero attached hydrogens (tertiary/aromatic N) is 2. The fourth-order valence-corrected chi connectivity index (χ4v) is 2.55. The Hall–Kier alpha value is -0.780. The maximum Gasteiger partial charge on any atom is 0.0466 e. The van der Waals surface area contributed by atoms with Crippen LogP contribution in [0, 0.1) is 0 Å². The molecular weight excluding hydrogens is 224 g/mol. The molecule has 0 spiro atoms. The van der Waals surface area contributed by atoms with Gasteiger partial charge in [0, 0.05) is 36.2 Å². The van der Waals surface area contributed by atoms with Crippen LogP contribution in [0.1, 0.15) is 38.3 Å². The molecule has 0 amide bonds. The Balaban J connectivity index is 0.000000606. The van der Waals surface area contributed by atoms with Crippen molar-refractivity contribution in [2.24, 2.45) is 0 Å². The summed E-state index contributed by atoms with van der Waals surface area (Å²) in [5, 5.41) is 0. The molecule has 0 radical (unpaired) electrons. The van der Waals surface area contributed by atoms with Crippen molar-refractivity contribution in [2.45, 2.75) is 32.7 Å². The highest BCUT2D eigenvalue weighted by Crippen LogP contribution is 2.31. The van der Waals surface area contributed by atoms with Crippen molar-refractivity contribution in [2.75, 3.05) is 6.54 Å². The third-order valence-corrected chi connectivity index (χ3v) is 3.31. The van der Waals surface area contributed by atoms with Crippen LogP contribution in [0.15, 0.2) is 24.5 Å². The zero-order chi connectivity index (χ0) is 12.0. The van der Waals surface area contributed by atoms with Gasteiger partial charge >= 0.3 is 0 Å². The summed E-state index contributed by atoms with van der Waals surface area (Å²) in [4.78, 5) is 3.91. The molecule has 2 heterocycles. The summed E-state index contributed by atoms with van der Waals surface area (Å²) in [6.45, 7) is 4.63. The molecule has 0 aromatic carbocycles. The quantitative estimate of drug-likeness (QED) is 0.744. The topological polar surface area (TPSA) is 56.3 Å². The average molecular weight is 241 g/mol.